The van der Waals surface area contributed by atoms with E-state index in [0.717, 1.165) is 16.5 Å². The molecule has 1 heterocycles. The molecular weight excluding hydrogens is 574 g/mol. The van der Waals surface area contributed by atoms with Gasteiger partial charge in [0.05, 0.1) is 6.42 Å². The molecule has 1 aromatic heterocycles. The van der Waals surface area contributed by atoms with Gasteiger partial charge < -0.3 is 25.0 Å². The number of aryl methyl sites for hydroxylation is 1. The summed E-state index contributed by atoms with van der Waals surface area (Å²) < 4.78 is 61.2. The lowest BCUT2D eigenvalue weighted by Gasteiger charge is -2.25. The number of aromatic nitrogens is 1. The number of amides is 2. The van der Waals surface area contributed by atoms with Crippen LogP contribution in [0.15, 0.2) is 30.3 Å². The molecule has 0 aliphatic carbocycles. The summed E-state index contributed by atoms with van der Waals surface area (Å²) in [6.45, 7) is 6.04. The Bertz CT molecular complexity index is 1530. The number of nitrogens with zero attached hydrogens (tertiary/aromatic N) is 1. The lowest BCUT2D eigenvalue weighted by atomic mass is 9.98. The number of carbonyl (C=O) groups is 4. The third kappa shape index (κ3) is 7.51. The average molecular weight is 608 g/mol. The molecule has 0 bridgehead atoms. The van der Waals surface area contributed by atoms with E-state index < -0.39 is 83.6 Å². The van der Waals surface area contributed by atoms with Crippen LogP contribution >= 0.6 is 0 Å². The number of aliphatic carboxylic acids is 1. The van der Waals surface area contributed by atoms with Crippen molar-refractivity contribution in [2.24, 2.45) is 18.9 Å². The highest BCUT2D eigenvalue weighted by Gasteiger charge is 2.32. The van der Waals surface area contributed by atoms with Crippen LogP contribution < -0.4 is 15.4 Å². The van der Waals surface area contributed by atoms with Crippen molar-refractivity contribution >= 4 is 34.5 Å². The number of ether oxygens (including phenoxy) is 1. The normalized spacial score (nSPS) is 12.8. The Morgan fingerprint density at radius 2 is 1.56 bits per heavy atom. The van der Waals surface area contributed by atoms with Gasteiger partial charge in [-0.2, -0.15) is 8.78 Å². The molecule has 0 radical (unpaired) electrons. The van der Waals surface area contributed by atoms with Crippen LogP contribution in [0.5, 0.6) is 5.75 Å². The minimum absolute atomic E-state index is 0.0446. The third-order valence-electron chi connectivity index (χ3n) is 6.79. The van der Waals surface area contributed by atoms with E-state index in [4.69, 9.17) is 0 Å². The number of Topliss-reactive ketones (excluding diaryl/α,β-unsaturated/α-hetero) is 1. The van der Waals surface area contributed by atoms with Gasteiger partial charge in [0.2, 0.25) is 17.5 Å². The molecule has 2 aromatic carbocycles. The monoisotopic (exact) mass is 607 g/mol. The number of halogens is 4. The van der Waals surface area contributed by atoms with Gasteiger partial charge in [-0.1, -0.05) is 45.9 Å². The topological polar surface area (TPSA) is 127 Å². The van der Waals surface area contributed by atoms with Gasteiger partial charge in [0.25, 0.3) is 5.91 Å². The number of hydrogen-bond donors (Lipinski definition) is 3. The molecule has 3 rings (SSSR count). The zero-order valence-corrected chi connectivity index (χ0v) is 24.3. The third-order valence-corrected chi connectivity index (χ3v) is 6.79. The van der Waals surface area contributed by atoms with Crippen molar-refractivity contribution in [2.75, 3.05) is 6.61 Å². The number of para-hydroxylation sites is 1. The molecule has 9 nitrogen and oxygen atoms in total. The number of hydrogen-bond acceptors (Lipinski definition) is 5. The van der Waals surface area contributed by atoms with E-state index in [-0.39, 0.29) is 12.0 Å². The van der Waals surface area contributed by atoms with Gasteiger partial charge >= 0.3 is 5.97 Å². The summed E-state index contributed by atoms with van der Waals surface area (Å²) in [4.78, 5) is 51.1. The van der Waals surface area contributed by atoms with Gasteiger partial charge in [-0.05, 0) is 29.9 Å². The van der Waals surface area contributed by atoms with Gasteiger partial charge in [-0.25, -0.2) is 8.78 Å². The standard InChI is InChI=1S/C30H33F4N3O6/c1-14(2)10-17-16-8-6-7-9-21(16)37(5)27(17)30(42)36-26(15(3)4)29(41)35-20(12-23(39)40)22(38)13-43-28-24(33)18(31)11-19(32)25(28)34/h6-9,11,14-15,20,26H,10,12-13H2,1-5H3,(H,35,41)(H,36,42)(H,39,40)/t20?,26-/m0/s1. The van der Waals surface area contributed by atoms with Crippen molar-refractivity contribution in [1.29, 1.82) is 0 Å². The maximum Gasteiger partial charge on any atom is 0.305 e. The second-order valence-corrected chi connectivity index (χ2v) is 10.9. The summed E-state index contributed by atoms with van der Waals surface area (Å²) in [5, 5.41) is 15.1. The second-order valence-electron chi connectivity index (χ2n) is 10.9. The van der Waals surface area contributed by atoms with Crippen molar-refractivity contribution in [1.82, 2.24) is 15.2 Å². The maximum atomic E-state index is 13.9. The summed E-state index contributed by atoms with van der Waals surface area (Å²) in [5.41, 5.74) is 1.94. The summed E-state index contributed by atoms with van der Waals surface area (Å²) >= 11 is 0. The molecule has 0 spiro atoms. The van der Waals surface area contributed by atoms with E-state index in [9.17, 15) is 41.8 Å². The highest BCUT2D eigenvalue weighted by Crippen LogP contribution is 2.28. The molecule has 1 unspecified atom stereocenters. The molecule has 3 N–H and O–H groups in total. The number of benzene rings is 2. The first kappa shape index (κ1) is 33.1. The molecule has 43 heavy (non-hydrogen) atoms. The van der Waals surface area contributed by atoms with E-state index >= 15 is 0 Å². The molecule has 0 fully saturated rings. The molecule has 2 atom stereocenters. The Kier molecular flexibility index (Phi) is 10.5. The lowest BCUT2D eigenvalue weighted by molar-refractivity contribution is -0.140. The van der Waals surface area contributed by atoms with Crippen LogP contribution in [0.3, 0.4) is 0 Å². The van der Waals surface area contributed by atoms with Gasteiger partial charge in [0, 0.05) is 24.0 Å². The van der Waals surface area contributed by atoms with E-state index in [1.54, 1.807) is 25.5 Å². The van der Waals surface area contributed by atoms with Crippen molar-refractivity contribution in [3.05, 3.63) is 64.9 Å². The quantitative estimate of drug-likeness (QED) is 0.197. The van der Waals surface area contributed by atoms with E-state index in [1.807, 2.05) is 38.1 Å². The minimum atomic E-state index is -1.89. The lowest BCUT2D eigenvalue weighted by Crippen LogP contribution is -2.54. The highest BCUT2D eigenvalue weighted by molar-refractivity contribution is 6.04. The number of ketones is 1. The molecule has 13 heteroatoms. The summed E-state index contributed by atoms with van der Waals surface area (Å²) in [5.74, 6) is -13.3. The van der Waals surface area contributed by atoms with Gasteiger partial charge in [0.15, 0.2) is 23.2 Å². The van der Waals surface area contributed by atoms with Crippen molar-refractivity contribution < 1.29 is 46.6 Å². The fourth-order valence-electron chi connectivity index (χ4n) is 4.72. The van der Waals surface area contributed by atoms with Gasteiger partial charge in [0.1, 0.15) is 24.4 Å². The molecule has 0 aliphatic heterocycles. The Hall–Kier alpha value is -4.42. The number of fused-ring (bicyclic) bond motifs is 1. The van der Waals surface area contributed by atoms with Crippen LogP contribution in [0.2, 0.25) is 0 Å². The zero-order chi connectivity index (χ0) is 32.2. The summed E-state index contributed by atoms with van der Waals surface area (Å²) in [6, 6.07) is 4.42. The minimum Gasteiger partial charge on any atom is -0.481 e. The molecule has 0 saturated carbocycles. The second kappa shape index (κ2) is 13.7. The van der Waals surface area contributed by atoms with Crippen LogP contribution in [0.1, 0.15) is 50.2 Å². The Labute approximate surface area is 245 Å². The first-order valence-corrected chi connectivity index (χ1v) is 13.5. The highest BCUT2D eigenvalue weighted by atomic mass is 19.2. The van der Waals surface area contributed by atoms with Crippen molar-refractivity contribution in [3.63, 3.8) is 0 Å². The largest absolute Gasteiger partial charge is 0.481 e. The molecule has 232 valence electrons. The van der Waals surface area contributed by atoms with Crippen LogP contribution in [-0.4, -0.2) is 51.9 Å². The molecular formula is C30H33F4N3O6. The smallest absolute Gasteiger partial charge is 0.305 e. The maximum absolute atomic E-state index is 13.9. The van der Waals surface area contributed by atoms with E-state index in [0.29, 0.717) is 12.1 Å². The SMILES string of the molecule is CC(C)Cc1c(C(=O)N[C@H](C(=O)NC(CC(=O)O)C(=O)COc2c(F)c(F)cc(F)c2F)C(C)C)n(C)c2ccccc12. The Morgan fingerprint density at radius 3 is 2.12 bits per heavy atom. The summed E-state index contributed by atoms with van der Waals surface area (Å²) in [6.07, 6.45) is -0.370. The summed E-state index contributed by atoms with van der Waals surface area (Å²) in [7, 11) is 1.73. The first-order chi connectivity index (χ1) is 20.1. The molecule has 3 aromatic rings. The number of rotatable bonds is 13. The van der Waals surface area contributed by atoms with Crippen LogP contribution in [0.25, 0.3) is 10.9 Å². The Balaban J connectivity index is 1.84. The zero-order valence-electron chi connectivity index (χ0n) is 24.3. The van der Waals surface area contributed by atoms with E-state index in [1.165, 1.54) is 0 Å². The Morgan fingerprint density at radius 1 is 0.953 bits per heavy atom. The number of nitrogens with one attached hydrogen (secondary N) is 2. The van der Waals surface area contributed by atoms with Crippen molar-refractivity contribution in [3.8, 4) is 5.75 Å². The molecule has 0 saturated heterocycles. The van der Waals surface area contributed by atoms with Crippen LogP contribution in [0, 0.1) is 35.1 Å². The molecule has 0 aliphatic rings. The fraction of sp³-hybridized carbons (Fsp3) is 0.400. The van der Waals surface area contributed by atoms with Crippen LogP contribution in [0.4, 0.5) is 17.6 Å². The van der Waals surface area contributed by atoms with Gasteiger partial charge in [-0.3, -0.25) is 19.2 Å². The van der Waals surface area contributed by atoms with Crippen molar-refractivity contribution in [2.45, 2.75) is 52.6 Å². The predicted molar refractivity (Wildman–Crippen MR) is 149 cm³/mol. The van der Waals surface area contributed by atoms with Gasteiger partial charge in [-0.15, -0.1) is 0 Å². The van der Waals surface area contributed by atoms with E-state index in [2.05, 4.69) is 15.4 Å². The fourth-order valence-corrected chi connectivity index (χ4v) is 4.72. The van der Waals surface area contributed by atoms with Crippen LogP contribution in [-0.2, 0) is 27.9 Å². The number of carboxylic acids is 1. The predicted octanol–water partition coefficient (Wildman–Crippen LogP) is 4.30. The first-order valence-electron chi connectivity index (χ1n) is 13.5. The number of carboxylic acid groups (broad SMARTS) is 1. The number of carbonyl (C=O) groups excluding carboxylic acids is 3. The average Bonchev–Trinajstić information content (AvgIpc) is 3.20. The molecule has 2 amide bonds.